The summed E-state index contributed by atoms with van der Waals surface area (Å²) in [5.74, 6) is -0.191. The van der Waals surface area contributed by atoms with Gasteiger partial charge in [-0.25, -0.2) is 9.18 Å². The molecule has 7 nitrogen and oxygen atoms in total. The molecular weight excluding hydrogens is 363 g/mol. The molecule has 0 bridgehead atoms. The van der Waals surface area contributed by atoms with Crippen LogP contribution in [-0.4, -0.2) is 22.8 Å². The van der Waals surface area contributed by atoms with Gasteiger partial charge in [0.2, 0.25) is 0 Å². The average Bonchev–Trinajstić information content (AvgIpc) is 3.02. The first-order valence-electron chi connectivity index (χ1n) is 9.06. The maximum absolute atomic E-state index is 14.3. The van der Waals surface area contributed by atoms with E-state index in [9.17, 15) is 14.0 Å². The highest BCUT2D eigenvalue weighted by Gasteiger charge is 2.33. The summed E-state index contributed by atoms with van der Waals surface area (Å²) in [6.45, 7) is 9.29. The van der Waals surface area contributed by atoms with Crippen LogP contribution < -0.4 is 21.5 Å². The van der Waals surface area contributed by atoms with E-state index in [1.165, 1.54) is 15.5 Å². The molecule has 3 N–H and O–H groups in total. The number of halogens is 1. The number of carbonyl (C=O) groups is 1. The summed E-state index contributed by atoms with van der Waals surface area (Å²) in [5, 5.41) is 2.92. The number of nitrogens with one attached hydrogen (secondary N) is 1. The van der Waals surface area contributed by atoms with Crippen LogP contribution in [0, 0.1) is 19.7 Å². The van der Waals surface area contributed by atoms with Gasteiger partial charge in [0.15, 0.2) is 0 Å². The van der Waals surface area contributed by atoms with Crippen molar-refractivity contribution in [3.05, 3.63) is 45.5 Å². The fourth-order valence-corrected chi connectivity index (χ4v) is 3.18. The highest BCUT2D eigenvalue weighted by molar-refractivity contribution is 5.95. The largest absolute Gasteiger partial charge is 0.443 e. The number of aryl methyl sites for hydroxylation is 1. The SMILES string of the molecule is Cc1ccc(Nc2c(N)c3n(c(=O)c2C)CCN3C(=O)OC(C)(C)C)c(F)c1. The lowest BCUT2D eigenvalue weighted by molar-refractivity contribution is 0.0584. The Bertz CT molecular complexity index is 1010. The zero-order valence-corrected chi connectivity index (χ0v) is 16.7. The third kappa shape index (κ3) is 3.54. The summed E-state index contributed by atoms with van der Waals surface area (Å²) in [7, 11) is 0. The molecule has 1 aliphatic heterocycles. The maximum atomic E-state index is 14.3. The minimum Gasteiger partial charge on any atom is -0.443 e. The molecular formula is C20H25FN4O3. The van der Waals surface area contributed by atoms with Crippen molar-refractivity contribution in [3.63, 3.8) is 0 Å². The van der Waals surface area contributed by atoms with Gasteiger partial charge in [0.25, 0.3) is 5.56 Å². The van der Waals surface area contributed by atoms with Gasteiger partial charge in [0.1, 0.15) is 17.2 Å². The number of ether oxygens (including phenoxy) is 1. The Kier molecular flexibility index (Phi) is 4.82. The summed E-state index contributed by atoms with van der Waals surface area (Å²) in [6.07, 6.45) is -0.582. The predicted octanol–water partition coefficient (Wildman–Crippen LogP) is 3.69. The second kappa shape index (κ2) is 6.85. The number of nitrogen functional groups attached to an aromatic ring is 1. The fraction of sp³-hybridized carbons (Fsp3) is 0.400. The number of fused-ring (bicyclic) bond motifs is 1. The van der Waals surface area contributed by atoms with Crippen LogP contribution in [0.5, 0.6) is 0 Å². The van der Waals surface area contributed by atoms with Gasteiger partial charge in [0, 0.05) is 18.7 Å². The Hall–Kier alpha value is -3.03. The van der Waals surface area contributed by atoms with Gasteiger partial charge in [-0.15, -0.1) is 0 Å². The molecule has 1 aliphatic rings. The van der Waals surface area contributed by atoms with Crippen LogP contribution in [0.2, 0.25) is 0 Å². The zero-order chi connectivity index (χ0) is 20.8. The van der Waals surface area contributed by atoms with Gasteiger partial charge in [-0.1, -0.05) is 6.07 Å². The number of carbonyl (C=O) groups excluding carboxylic acids is 1. The Balaban J connectivity index is 2.07. The lowest BCUT2D eigenvalue weighted by Crippen LogP contribution is -2.36. The van der Waals surface area contributed by atoms with Gasteiger partial charge >= 0.3 is 6.09 Å². The number of pyridine rings is 1. The van der Waals surface area contributed by atoms with E-state index in [0.717, 1.165) is 5.56 Å². The molecule has 0 unspecified atom stereocenters. The van der Waals surface area contributed by atoms with Crippen molar-refractivity contribution in [2.45, 2.75) is 46.8 Å². The highest BCUT2D eigenvalue weighted by atomic mass is 19.1. The first-order chi connectivity index (χ1) is 13.0. The van der Waals surface area contributed by atoms with Gasteiger partial charge in [-0.2, -0.15) is 0 Å². The summed E-state index contributed by atoms with van der Waals surface area (Å²) >= 11 is 0. The van der Waals surface area contributed by atoms with E-state index in [4.69, 9.17) is 10.5 Å². The summed E-state index contributed by atoms with van der Waals surface area (Å²) < 4.78 is 21.2. The van der Waals surface area contributed by atoms with E-state index in [1.807, 2.05) is 0 Å². The number of anilines is 4. The van der Waals surface area contributed by atoms with Crippen LogP contribution in [-0.2, 0) is 11.3 Å². The predicted molar refractivity (Wildman–Crippen MR) is 108 cm³/mol. The number of hydrogen-bond acceptors (Lipinski definition) is 5. The second-order valence-electron chi connectivity index (χ2n) is 7.93. The quantitative estimate of drug-likeness (QED) is 0.819. The molecule has 150 valence electrons. The summed E-state index contributed by atoms with van der Waals surface area (Å²) in [4.78, 5) is 26.7. The zero-order valence-electron chi connectivity index (χ0n) is 16.7. The average molecular weight is 388 g/mol. The van der Waals surface area contributed by atoms with Crippen molar-refractivity contribution in [1.82, 2.24) is 4.57 Å². The first-order valence-corrected chi connectivity index (χ1v) is 9.06. The molecule has 1 aromatic heterocycles. The Morgan fingerprint density at radius 1 is 1.25 bits per heavy atom. The molecule has 0 aliphatic carbocycles. The van der Waals surface area contributed by atoms with E-state index in [-0.39, 0.29) is 35.0 Å². The van der Waals surface area contributed by atoms with Crippen LogP contribution in [0.25, 0.3) is 0 Å². The third-order valence-corrected chi connectivity index (χ3v) is 4.51. The van der Waals surface area contributed by atoms with Gasteiger partial charge in [-0.05, 0) is 52.3 Å². The van der Waals surface area contributed by atoms with Crippen molar-refractivity contribution in [2.24, 2.45) is 0 Å². The minimum absolute atomic E-state index is 0.195. The van der Waals surface area contributed by atoms with E-state index in [0.29, 0.717) is 12.1 Å². The minimum atomic E-state index is -0.684. The van der Waals surface area contributed by atoms with Crippen molar-refractivity contribution >= 4 is 29.0 Å². The standard InChI is InChI=1S/C20H25FN4O3/c1-11-6-7-14(13(21)10-11)23-16-12(2)18(26)24-8-9-25(17(24)15(16)22)19(27)28-20(3,4)5/h6-7,10,23H,8-9,22H2,1-5H3. The molecule has 2 aromatic rings. The highest BCUT2D eigenvalue weighted by Crippen LogP contribution is 2.37. The molecule has 0 saturated heterocycles. The molecule has 0 radical (unpaired) electrons. The Morgan fingerprint density at radius 2 is 1.93 bits per heavy atom. The third-order valence-electron chi connectivity index (χ3n) is 4.51. The van der Waals surface area contributed by atoms with Crippen molar-refractivity contribution in [1.29, 1.82) is 0 Å². The second-order valence-corrected chi connectivity index (χ2v) is 7.93. The van der Waals surface area contributed by atoms with Crippen molar-refractivity contribution in [2.75, 3.05) is 22.5 Å². The number of hydrogen-bond donors (Lipinski definition) is 2. The molecule has 0 atom stereocenters. The molecule has 2 heterocycles. The molecule has 0 spiro atoms. The fourth-order valence-electron chi connectivity index (χ4n) is 3.18. The van der Waals surface area contributed by atoms with Gasteiger partial charge in [0.05, 0.1) is 17.1 Å². The normalized spacial score (nSPS) is 13.4. The van der Waals surface area contributed by atoms with Crippen LogP contribution in [0.3, 0.4) is 0 Å². The topological polar surface area (TPSA) is 89.6 Å². The first kappa shape index (κ1) is 19.7. The van der Waals surface area contributed by atoms with Crippen LogP contribution in [0.1, 0.15) is 31.9 Å². The molecule has 0 saturated carbocycles. The number of nitrogens with zero attached hydrogens (tertiary/aromatic N) is 2. The van der Waals surface area contributed by atoms with E-state index < -0.39 is 17.5 Å². The Labute approximate surface area is 162 Å². The number of rotatable bonds is 2. The van der Waals surface area contributed by atoms with Crippen LogP contribution >= 0.6 is 0 Å². The van der Waals surface area contributed by atoms with E-state index >= 15 is 0 Å². The molecule has 3 rings (SSSR count). The maximum Gasteiger partial charge on any atom is 0.416 e. The molecule has 0 fully saturated rings. The van der Waals surface area contributed by atoms with Crippen LogP contribution in [0.4, 0.5) is 32.1 Å². The smallest absolute Gasteiger partial charge is 0.416 e. The molecule has 8 heteroatoms. The lowest BCUT2D eigenvalue weighted by Gasteiger charge is -2.25. The Morgan fingerprint density at radius 3 is 2.54 bits per heavy atom. The van der Waals surface area contributed by atoms with Crippen LogP contribution in [0.15, 0.2) is 23.0 Å². The monoisotopic (exact) mass is 388 g/mol. The number of amides is 1. The van der Waals surface area contributed by atoms with E-state index in [2.05, 4.69) is 5.32 Å². The number of aromatic nitrogens is 1. The number of nitrogens with two attached hydrogens (primary N) is 1. The summed E-state index contributed by atoms with van der Waals surface area (Å²) in [6, 6.07) is 4.73. The van der Waals surface area contributed by atoms with Gasteiger partial charge < -0.3 is 15.8 Å². The van der Waals surface area contributed by atoms with Gasteiger partial charge in [-0.3, -0.25) is 14.3 Å². The molecule has 1 aromatic carbocycles. The lowest BCUT2D eigenvalue weighted by atomic mass is 10.1. The van der Waals surface area contributed by atoms with Crippen molar-refractivity contribution < 1.29 is 13.9 Å². The molecule has 28 heavy (non-hydrogen) atoms. The molecule has 1 amide bonds. The van der Waals surface area contributed by atoms with Crippen molar-refractivity contribution in [3.8, 4) is 0 Å². The van der Waals surface area contributed by atoms with E-state index in [1.54, 1.807) is 46.8 Å². The number of benzene rings is 1. The summed E-state index contributed by atoms with van der Waals surface area (Å²) in [5.41, 5.74) is 7.17.